The largest absolute Gasteiger partial charge is 0.378 e. The molecule has 0 radical (unpaired) electrons. The molecule has 2 fully saturated rings. The smallest absolute Gasteiger partial charge is 0.236 e. The minimum atomic E-state index is -0.182. The van der Waals surface area contributed by atoms with Crippen molar-refractivity contribution in [2.45, 2.75) is 25.3 Å². The monoisotopic (exact) mass is 467 g/mol. The zero-order chi connectivity index (χ0) is 23.9. The Morgan fingerprint density at radius 2 is 1.88 bits per heavy atom. The summed E-state index contributed by atoms with van der Waals surface area (Å²) in [5.41, 5.74) is 8.35. The average molecular weight is 468 g/mol. The maximum absolute atomic E-state index is 12.7. The zero-order valence-corrected chi connectivity index (χ0v) is 20.2. The summed E-state index contributed by atoms with van der Waals surface area (Å²) in [6.07, 6.45) is 5.20. The van der Waals surface area contributed by atoms with Gasteiger partial charge in [0, 0.05) is 56.2 Å². The molecule has 5 heterocycles. The van der Waals surface area contributed by atoms with Crippen LogP contribution in [0.25, 0.3) is 11.3 Å². The molecule has 34 heavy (non-hydrogen) atoms. The van der Waals surface area contributed by atoms with Crippen LogP contribution in [-0.4, -0.2) is 108 Å². The highest BCUT2D eigenvalue weighted by Gasteiger charge is 2.44. The van der Waals surface area contributed by atoms with Crippen molar-refractivity contribution in [1.29, 1.82) is 0 Å². The fourth-order valence-corrected chi connectivity index (χ4v) is 5.12. The zero-order valence-electron chi connectivity index (χ0n) is 20.2. The number of nitrogens with two attached hydrogens (primary N) is 1. The van der Waals surface area contributed by atoms with Crippen LogP contribution in [0.5, 0.6) is 0 Å². The quantitative estimate of drug-likeness (QED) is 0.656. The molecule has 1 amide bonds. The van der Waals surface area contributed by atoms with Crippen molar-refractivity contribution in [3.05, 3.63) is 18.0 Å². The number of likely N-dealkylation sites (tertiary alicyclic amines) is 1. The van der Waals surface area contributed by atoms with Crippen LogP contribution >= 0.6 is 0 Å². The van der Waals surface area contributed by atoms with Crippen LogP contribution < -0.4 is 15.5 Å². The lowest BCUT2D eigenvalue weighted by atomic mass is 9.99. The highest BCUT2D eigenvalue weighted by atomic mass is 16.5. The van der Waals surface area contributed by atoms with Crippen molar-refractivity contribution in [3.63, 3.8) is 0 Å². The van der Waals surface area contributed by atoms with Crippen molar-refractivity contribution in [3.8, 4) is 11.3 Å². The number of anilines is 3. The van der Waals surface area contributed by atoms with Gasteiger partial charge in [0.05, 0.1) is 31.0 Å². The molecule has 5 rings (SSSR count). The van der Waals surface area contributed by atoms with Gasteiger partial charge in [0.2, 0.25) is 17.8 Å². The van der Waals surface area contributed by atoms with Gasteiger partial charge in [0.1, 0.15) is 5.82 Å². The van der Waals surface area contributed by atoms with Gasteiger partial charge in [-0.05, 0) is 33.9 Å². The van der Waals surface area contributed by atoms with Crippen LogP contribution in [0.4, 0.5) is 17.7 Å². The molecular weight excluding hydrogens is 434 g/mol. The number of ether oxygens (including phenoxy) is 1. The Bertz CT molecular complexity index is 1060. The molecule has 3 aliphatic heterocycles. The summed E-state index contributed by atoms with van der Waals surface area (Å²) in [5.74, 6) is 2.06. The number of nitrogens with zero attached hydrogens (tertiary/aromatic N) is 8. The molecule has 11 nitrogen and oxygen atoms in total. The minimum Gasteiger partial charge on any atom is -0.378 e. The number of hydrogen-bond acceptors (Lipinski definition) is 10. The van der Waals surface area contributed by atoms with E-state index in [9.17, 15) is 4.79 Å². The van der Waals surface area contributed by atoms with Crippen LogP contribution in [0.2, 0.25) is 0 Å². The molecule has 0 unspecified atom stereocenters. The molecule has 2 saturated heterocycles. The first kappa shape index (κ1) is 22.7. The number of morpholine rings is 1. The second-order valence-electron chi connectivity index (χ2n) is 9.81. The highest BCUT2D eigenvalue weighted by molar-refractivity contribution is 5.79. The maximum Gasteiger partial charge on any atom is 0.236 e. The van der Waals surface area contributed by atoms with E-state index in [0.29, 0.717) is 32.3 Å². The average Bonchev–Trinajstić information content (AvgIpc) is 3.44. The summed E-state index contributed by atoms with van der Waals surface area (Å²) < 4.78 is 5.54. The third kappa shape index (κ3) is 4.25. The van der Waals surface area contributed by atoms with E-state index >= 15 is 0 Å². The van der Waals surface area contributed by atoms with E-state index in [1.54, 1.807) is 12.4 Å². The molecule has 0 saturated carbocycles. The number of carbonyl (C=O) groups excluding carboxylic acids is 1. The van der Waals surface area contributed by atoms with Crippen molar-refractivity contribution in [1.82, 2.24) is 29.7 Å². The van der Waals surface area contributed by atoms with E-state index in [4.69, 9.17) is 20.4 Å². The topological polar surface area (TPSA) is 117 Å². The second-order valence-corrected chi connectivity index (χ2v) is 9.81. The van der Waals surface area contributed by atoms with Gasteiger partial charge in [0.15, 0.2) is 0 Å². The predicted molar refractivity (Wildman–Crippen MR) is 130 cm³/mol. The Hall–Kier alpha value is -3.05. The molecule has 0 spiro atoms. The summed E-state index contributed by atoms with van der Waals surface area (Å²) >= 11 is 0. The Morgan fingerprint density at radius 3 is 2.59 bits per heavy atom. The number of amides is 1. The van der Waals surface area contributed by atoms with Gasteiger partial charge >= 0.3 is 0 Å². The number of likely N-dealkylation sites (N-methyl/N-ethyl adjacent to an activating group) is 1. The van der Waals surface area contributed by atoms with E-state index in [-0.39, 0.29) is 17.4 Å². The number of aromatic nitrogens is 4. The van der Waals surface area contributed by atoms with Gasteiger partial charge < -0.3 is 30.1 Å². The molecule has 182 valence electrons. The number of carbonyl (C=O) groups is 1. The van der Waals surface area contributed by atoms with E-state index in [1.165, 1.54) is 0 Å². The Balaban J connectivity index is 1.51. The van der Waals surface area contributed by atoms with Crippen LogP contribution in [0.15, 0.2) is 12.4 Å². The van der Waals surface area contributed by atoms with Crippen LogP contribution in [0, 0.1) is 0 Å². The first-order chi connectivity index (χ1) is 16.3. The first-order valence-electron chi connectivity index (χ1n) is 11.9. The van der Waals surface area contributed by atoms with Crippen LogP contribution in [0.3, 0.4) is 0 Å². The first-order valence-corrected chi connectivity index (χ1v) is 11.9. The molecule has 2 aromatic rings. The van der Waals surface area contributed by atoms with E-state index in [1.807, 2.05) is 23.9 Å². The van der Waals surface area contributed by atoms with Gasteiger partial charge in [-0.1, -0.05) is 0 Å². The van der Waals surface area contributed by atoms with Gasteiger partial charge in [0.25, 0.3) is 0 Å². The molecule has 1 atom stereocenters. The SMILES string of the molecule is CN(C)CC(=O)N1CC[C@](C)(N2CCc3c(-c4cnc(N)nc4)nc(N4CCOCC4)nc32)C1. The lowest BCUT2D eigenvalue weighted by Gasteiger charge is -2.37. The number of hydrogen-bond donors (Lipinski definition) is 1. The molecule has 2 N–H and O–H groups in total. The Labute approximate surface area is 199 Å². The molecular formula is C23H33N9O2. The number of rotatable bonds is 5. The summed E-state index contributed by atoms with van der Waals surface area (Å²) in [6, 6.07) is 0. The fraction of sp³-hybridized carbons (Fsp3) is 0.609. The van der Waals surface area contributed by atoms with Gasteiger partial charge in [-0.3, -0.25) is 4.79 Å². The molecule has 11 heteroatoms. The minimum absolute atomic E-state index is 0.171. The van der Waals surface area contributed by atoms with E-state index in [0.717, 1.165) is 61.7 Å². The normalized spacial score (nSPS) is 22.5. The summed E-state index contributed by atoms with van der Waals surface area (Å²) in [5, 5.41) is 0. The van der Waals surface area contributed by atoms with Gasteiger partial charge in [-0.25, -0.2) is 15.0 Å². The second kappa shape index (κ2) is 8.95. The van der Waals surface area contributed by atoms with Crippen LogP contribution in [-0.2, 0) is 16.0 Å². The molecule has 0 bridgehead atoms. The van der Waals surface area contributed by atoms with Crippen molar-refractivity contribution >= 4 is 23.6 Å². The van der Waals surface area contributed by atoms with Gasteiger partial charge in [-0.2, -0.15) is 4.98 Å². The van der Waals surface area contributed by atoms with Crippen molar-refractivity contribution < 1.29 is 9.53 Å². The van der Waals surface area contributed by atoms with Crippen LogP contribution in [0.1, 0.15) is 18.9 Å². The molecule has 3 aliphatic rings. The lowest BCUT2D eigenvalue weighted by Crippen LogP contribution is -2.49. The van der Waals surface area contributed by atoms with E-state index in [2.05, 4.69) is 26.7 Å². The molecule has 2 aromatic heterocycles. The third-order valence-electron chi connectivity index (χ3n) is 6.96. The molecule has 0 aliphatic carbocycles. The Morgan fingerprint density at radius 1 is 1.15 bits per heavy atom. The predicted octanol–water partition coefficient (Wildman–Crippen LogP) is 0.268. The summed E-state index contributed by atoms with van der Waals surface area (Å²) in [6.45, 7) is 7.78. The third-order valence-corrected chi connectivity index (χ3v) is 6.96. The standard InChI is InChI=1S/C23H33N9O2/c1-23(5-7-31(15-23)18(33)14-29(2)3)32-6-4-17-19(16-12-25-21(24)26-13-16)27-22(28-20(17)32)30-8-10-34-11-9-30/h12-13H,4-11,14-15H2,1-3H3,(H2,24,25,26)/t23-/m0/s1. The Kier molecular flexibility index (Phi) is 5.98. The molecule has 0 aromatic carbocycles. The van der Waals surface area contributed by atoms with E-state index < -0.39 is 0 Å². The maximum atomic E-state index is 12.7. The number of nitrogen functional groups attached to an aromatic ring is 1. The van der Waals surface area contributed by atoms with Crippen molar-refractivity contribution in [2.24, 2.45) is 0 Å². The van der Waals surface area contributed by atoms with Crippen molar-refractivity contribution in [2.75, 3.05) is 82.1 Å². The summed E-state index contributed by atoms with van der Waals surface area (Å²) in [7, 11) is 3.85. The highest BCUT2D eigenvalue weighted by Crippen LogP contribution is 2.41. The lowest BCUT2D eigenvalue weighted by molar-refractivity contribution is -0.130. The number of fused-ring (bicyclic) bond motifs is 1. The summed E-state index contributed by atoms with van der Waals surface area (Å²) in [4.78, 5) is 39.6. The fourth-order valence-electron chi connectivity index (χ4n) is 5.12. The van der Waals surface area contributed by atoms with Gasteiger partial charge in [-0.15, -0.1) is 0 Å².